The van der Waals surface area contributed by atoms with E-state index in [1.807, 2.05) is 12.1 Å². The maximum Gasteiger partial charge on any atom is 0.398 e. The summed E-state index contributed by atoms with van der Waals surface area (Å²) in [5.74, 6) is -5.69. The number of hydrogen-bond acceptors (Lipinski definition) is 5. The highest BCUT2D eigenvalue weighted by Gasteiger charge is 2.74. The molecule has 3 aliphatic carbocycles. The minimum Gasteiger partial charge on any atom is -0.419 e. The van der Waals surface area contributed by atoms with Crippen molar-refractivity contribution in [1.82, 2.24) is 4.13 Å². The fourth-order valence-corrected chi connectivity index (χ4v) is 8.50. The molecule has 0 spiro atoms. The molecule has 3 fully saturated rings. The molecule has 1 aromatic rings. The first-order valence-corrected chi connectivity index (χ1v) is 17.4. The molecule has 2 nitrogen and oxygen atoms in total. The molecule has 3 saturated carbocycles. The highest BCUT2D eigenvalue weighted by Crippen LogP contribution is 2.57. The quantitative estimate of drug-likeness (QED) is 0.127. The van der Waals surface area contributed by atoms with Crippen LogP contribution in [0.3, 0.4) is 0 Å². The smallest absolute Gasteiger partial charge is 0.398 e. The van der Waals surface area contributed by atoms with Gasteiger partial charge in [0.15, 0.2) is 6.67 Å². The zero-order valence-corrected chi connectivity index (χ0v) is 26.2. The lowest BCUT2D eigenvalue weighted by atomic mass is 9.75. The number of hydrogen-bond donors (Lipinski definition) is 1. The summed E-state index contributed by atoms with van der Waals surface area (Å²) in [7, 11) is 0. The van der Waals surface area contributed by atoms with E-state index >= 15 is 0 Å². The fraction of sp³-hybridized carbons (Fsp3) is 0.793. The molecule has 0 unspecified atom stereocenters. The maximum absolute atomic E-state index is 15.0. The van der Waals surface area contributed by atoms with Crippen LogP contribution in [0.1, 0.15) is 131 Å². The minimum atomic E-state index is -6.01. The van der Waals surface area contributed by atoms with Gasteiger partial charge in [0, 0.05) is 23.9 Å². The summed E-state index contributed by atoms with van der Waals surface area (Å²) in [6, 6.07) is 3.95. The van der Waals surface area contributed by atoms with Gasteiger partial charge >= 0.3 is 21.7 Å². The first-order valence-electron chi connectivity index (χ1n) is 15.0. The lowest BCUT2D eigenvalue weighted by Crippen LogP contribution is -2.51. The summed E-state index contributed by atoms with van der Waals surface area (Å²) >= 11 is -3.23. The molecule has 0 aliphatic heterocycles. The Hall–Kier alpha value is -0.600. The van der Waals surface area contributed by atoms with Gasteiger partial charge in [-0.3, -0.25) is 0 Å². The molecule has 0 aromatic heterocycles. The molecule has 0 atom stereocenters. The molecular formula is C29H38F9NOS3. The van der Waals surface area contributed by atoms with Crippen LogP contribution in [0.5, 0.6) is 5.75 Å². The molecule has 4 rings (SSSR count). The van der Waals surface area contributed by atoms with Crippen molar-refractivity contribution in [2.45, 2.75) is 136 Å². The summed E-state index contributed by atoms with van der Waals surface area (Å²) in [5, 5.41) is -15.2. The van der Waals surface area contributed by atoms with Crippen LogP contribution in [0.15, 0.2) is 12.1 Å². The van der Waals surface area contributed by atoms with Crippen LogP contribution in [0.4, 0.5) is 39.5 Å². The third kappa shape index (κ3) is 8.61. The lowest BCUT2D eigenvalue weighted by molar-refractivity contribution is -0.238. The van der Waals surface area contributed by atoms with E-state index < -0.39 is 64.3 Å². The van der Waals surface area contributed by atoms with Crippen LogP contribution in [-0.2, 0) is 0 Å². The topological polar surface area (TPSA) is 21.3 Å². The van der Waals surface area contributed by atoms with Gasteiger partial charge in [0.2, 0.25) is 0 Å². The fourth-order valence-electron chi connectivity index (χ4n) is 6.44. The molecule has 0 heterocycles. The van der Waals surface area contributed by atoms with Crippen molar-refractivity contribution in [3.63, 3.8) is 0 Å². The van der Waals surface area contributed by atoms with E-state index in [9.17, 15) is 39.5 Å². The van der Waals surface area contributed by atoms with E-state index in [-0.39, 0.29) is 17.6 Å². The predicted octanol–water partition coefficient (Wildman–Crippen LogP) is 12.1. The van der Waals surface area contributed by atoms with Crippen molar-refractivity contribution in [2.75, 3.05) is 6.67 Å². The van der Waals surface area contributed by atoms with Crippen LogP contribution in [0.25, 0.3) is 0 Å². The first-order chi connectivity index (χ1) is 20.3. The van der Waals surface area contributed by atoms with Crippen LogP contribution < -0.4 is 8.31 Å². The number of alkyl halides is 9. The summed E-state index contributed by atoms with van der Waals surface area (Å²) in [5.41, 5.74) is 2.47. The Labute approximate surface area is 260 Å². The van der Waals surface area contributed by atoms with Crippen molar-refractivity contribution < 1.29 is 43.7 Å². The predicted molar refractivity (Wildman–Crippen MR) is 156 cm³/mol. The average Bonchev–Trinajstić information content (AvgIpc) is 3.00. The van der Waals surface area contributed by atoms with Gasteiger partial charge in [0.1, 0.15) is 17.8 Å². The van der Waals surface area contributed by atoms with Crippen molar-refractivity contribution in [3.8, 4) is 5.75 Å². The first kappa shape index (κ1) is 35.3. The molecule has 0 amide bonds. The van der Waals surface area contributed by atoms with Gasteiger partial charge < -0.3 is 4.18 Å². The number of benzene rings is 1. The SMILES string of the molecule is FCC(F)(F)SNSC(F)(F)C(F)(F)C(F)(F)SOc1c(C2CCCCC2)cc(C2CCCCC2)cc1C1CCCCC1. The normalized spacial score (nSPS) is 20.9. The minimum absolute atomic E-state index is 0.0280. The maximum atomic E-state index is 15.0. The summed E-state index contributed by atoms with van der Waals surface area (Å²) in [6.07, 6.45) is 14.2. The van der Waals surface area contributed by atoms with Crippen molar-refractivity contribution in [1.29, 1.82) is 0 Å². The van der Waals surface area contributed by atoms with E-state index in [1.165, 1.54) is 0 Å². The van der Waals surface area contributed by atoms with E-state index in [2.05, 4.69) is 0 Å². The Balaban J connectivity index is 1.64. The van der Waals surface area contributed by atoms with Crippen molar-refractivity contribution in [2.24, 2.45) is 0 Å². The van der Waals surface area contributed by atoms with Gasteiger partial charge in [-0.1, -0.05) is 69.9 Å². The number of rotatable bonds is 13. The van der Waals surface area contributed by atoms with Gasteiger partial charge in [0.05, 0.1) is 0 Å². The molecule has 0 saturated heterocycles. The molecule has 0 radical (unpaired) electrons. The molecule has 14 heteroatoms. The van der Waals surface area contributed by atoms with E-state index in [4.69, 9.17) is 4.18 Å². The van der Waals surface area contributed by atoms with E-state index in [0.29, 0.717) is 17.0 Å². The second-order valence-electron chi connectivity index (χ2n) is 11.9. The van der Waals surface area contributed by atoms with Gasteiger partial charge in [-0.2, -0.15) is 39.3 Å². The monoisotopic (exact) mass is 683 g/mol. The van der Waals surface area contributed by atoms with Gasteiger partial charge in [-0.05, 0) is 73.0 Å². The van der Waals surface area contributed by atoms with E-state index in [0.717, 1.165) is 106 Å². The third-order valence-corrected chi connectivity index (χ3v) is 11.1. The van der Waals surface area contributed by atoms with Crippen molar-refractivity contribution in [3.05, 3.63) is 28.8 Å². The summed E-state index contributed by atoms with van der Waals surface area (Å²) in [6.45, 7) is -2.26. The molecule has 1 N–H and O–H groups in total. The zero-order chi connectivity index (χ0) is 31.3. The standard InChI is InChI=1S/C29H38F9NOS3/c30-18-26(31,32)41-39-42-28(35,36)27(33,34)29(37,38)43-40-25-23(20-12-6-2-7-13-20)16-22(19-10-4-1-5-11-19)17-24(25)21-14-8-3-9-15-21/h16-17,19-21,39H,1-15,18H2. The van der Waals surface area contributed by atoms with E-state index in [1.54, 1.807) is 0 Å². The van der Waals surface area contributed by atoms with Crippen LogP contribution in [-0.4, -0.2) is 28.4 Å². The largest absolute Gasteiger partial charge is 0.419 e. The molecular weight excluding hydrogens is 646 g/mol. The molecule has 246 valence electrons. The number of nitrogens with one attached hydrogen (secondary N) is 1. The van der Waals surface area contributed by atoms with Gasteiger partial charge in [-0.25, -0.2) is 4.39 Å². The van der Waals surface area contributed by atoms with Gasteiger partial charge in [0.25, 0.3) is 0 Å². The molecule has 1 aromatic carbocycles. The summed E-state index contributed by atoms with van der Waals surface area (Å²) in [4.78, 5) is 0. The third-order valence-electron chi connectivity index (χ3n) is 8.81. The van der Waals surface area contributed by atoms with Gasteiger partial charge in [-0.15, -0.1) is 0 Å². The second-order valence-corrected chi connectivity index (χ2v) is 14.9. The van der Waals surface area contributed by atoms with Crippen LogP contribution in [0, 0.1) is 0 Å². The Kier molecular flexibility index (Phi) is 12.2. The second kappa shape index (κ2) is 14.9. The van der Waals surface area contributed by atoms with Crippen LogP contribution >= 0.6 is 35.9 Å². The Bertz CT molecular complexity index is 1010. The molecule has 43 heavy (non-hydrogen) atoms. The van der Waals surface area contributed by atoms with Crippen LogP contribution in [0.2, 0.25) is 0 Å². The number of halogens is 9. The molecule has 0 bridgehead atoms. The average molecular weight is 684 g/mol. The highest BCUT2D eigenvalue weighted by molar-refractivity contribution is 8.13. The Morgan fingerprint density at radius 1 is 0.628 bits per heavy atom. The Morgan fingerprint density at radius 3 is 1.51 bits per heavy atom. The lowest BCUT2D eigenvalue weighted by Gasteiger charge is -2.33. The van der Waals surface area contributed by atoms with Crippen molar-refractivity contribution >= 4 is 35.9 Å². The zero-order valence-electron chi connectivity index (χ0n) is 23.7. The summed E-state index contributed by atoms with van der Waals surface area (Å²) < 4.78 is 133. The highest BCUT2D eigenvalue weighted by atomic mass is 32.2. The molecule has 3 aliphatic rings. The Morgan fingerprint density at radius 2 is 1.07 bits per heavy atom.